The Morgan fingerprint density at radius 2 is 2.29 bits per heavy atom. The van der Waals surface area contributed by atoms with E-state index in [0.717, 1.165) is 30.1 Å². The molecule has 5 nitrogen and oxygen atoms in total. The van der Waals surface area contributed by atoms with Gasteiger partial charge in [0, 0.05) is 36.1 Å². The summed E-state index contributed by atoms with van der Waals surface area (Å²) in [4.78, 5) is 19.0. The molecule has 0 radical (unpaired) electrons. The van der Waals surface area contributed by atoms with Gasteiger partial charge in [0.1, 0.15) is 17.0 Å². The molecule has 1 amide bonds. The maximum absolute atomic E-state index is 12.6. The number of nitrogens with one attached hydrogen (secondary N) is 1. The molecule has 0 aliphatic carbocycles. The number of carbonyl (C=O) groups is 1. The molecule has 0 spiro atoms. The van der Waals surface area contributed by atoms with Gasteiger partial charge in [-0.2, -0.15) is 0 Å². The van der Waals surface area contributed by atoms with Crippen LogP contribution < -0.4 is 5.32 Å². The summed E-state index contributed by atoms with van der Waals surface area (Å²) in [6, 6.07) is 2.90. The summed E-state index contributed by atoms with van der Waals surface area (Å²) in [6.45, 7) is 1.62. The Bertz CT molecular complexity index is 637. The number of likely N-dealkylation sites (tertiary alicyclic amines) is 1. The Labute approximate surface area is 127 Å². The lowest BCUT2D eigenvalue weighted by atomic mass is 10.1. The first-order chi connectivity index (χ1) is 10.3. The van der Waals surface area contributed by atoms with E-state index in [9.17, 15) is 4.79 Å². The van der Waals surface area contributed by atoms with Crippen molar-refractivity contribution in [2.45, 2.75) is 31.3 Å². The molecule has 2 fully saturated rings. The zero-order valence-electron chi connectivity index (χ0n) is 11.6. The monoisotopic (exact) mass is 303 g/mol. The Hall–Kier alpha value is -1.66. The summed E-state index contributed by atoms with van der Waals surface area (Å²) in [7, 11) is 0. The van der Waals surface area contributed by atoms with Crippen LogP contribution in [0.15, 0.2) is 28.4 Å². The molecule has 2 saturated heterocycles. The molecule has 2 aromatic rings. The molecule has 4 heterocycles. The van der Waals surface area contributed by atoms with Crippen molar-refractivity contribution >= 4 is 17.2 Å². The van der Waals surface area contributed by atoms with Crippen LogP contribution in [0.5, 0.6) is 0 Å². The molecule has 2 aromatic heterocycles. The Morgan fingerprint density at radius 3 is 3.14 bits per heavy atom. The molecular formula is C15H17N3O2S. The van der Waals surface area contributed by atoms with Crippen molar-refractivity contribution in [3.8, 4) is 10.6 Å². The van der Waals surface area contributed by atoms with E-state index in [4.69, 9.17) is 4.42 Å². The molecule has 2 bridgehead atoms. The van der Waals surface area contributed by atoms with Crippen molar-refractivity contribution < 1.29 is 9.21 Å². The maximum atomic E-state index is 12.6. The van der Waals surface area contributed by atoms with Gasteiger partial charge in [-0.25, -0.2) is 4.98 Å². The summed E-state index contributed by atoms with van der Waals surface area (Å²) in [5.41, 5.74) is 1.48. The Kier molecular flexibility index (Phi) is 3.27. The van der Waals surface area contributed by atoms with Crippen LogP contribution in [0.2, 0.25) is 0 Å². The largest absolute Gasteiger partial charge is 0.472 e. The highest BCUT2D eigenvalue weighted by Gasteiger charge is 2.32. The summed E-state index contributed by atoms with van der Waals surface area (Å²) in [5, 5.41) is 6.28. The van der Waals surface area contributed by atoms with E-state index in [1.807, 2.05) is 16.3 Å². The molecule has 2 aliphatic heterocycles. The second-order valence-electron chi connectivity index (χ2n) is 5.73. The van der Waals surface area contributed by atoms with Gasteiger partial charge in [0.25, 0.3) is 5.91 Å². The van der Waals surface area contributed by atoms with Gasteiger partial charge in [-0.1, -0.05) is 0 Å². The molecule has 21 heavy (non-hydrogen) atoms. The molecule has 2 unspecified atom stereocenters. The second kappa shape index (κ2) is 5.27. The molecule has 4 rings (SSSR count). The van der Waals surface area contributed by atoms with E-state index >= 15 is 0 Å². The number of aromatic nitrogens is 1. The molecular weight excluding hydrogens is 286 g/mol. The summed E-state index contributed by atoms with van der Waals surface area (Å²) < 4.78 is 5.07. The van der Waals surface area contributed by atoms with Gasteiger partial charge in [0.15, 0.2) is 0 Å². The van der Waals surface area contributed by atoms with Crippen molar-refractivity contribution in [1.82, 2.24) is 15.2 Å². The summed E-state index contributed by atoms with van der Waals surface area (Å²) in [5.74, 6) is 0.0512. The highest BCUT2D eigenvalue weighted by Crippen LogP contribution is 2.26. The second-order valence-corrected chi connectivity index (χ2v) is 6.59. The van der Waals surface area contributed by atoms with Crippen molar-refractivity contribution in [2.24, 2.45) is 0 Å². The van der Waals surface area contributed by atoms with E-state index in [2.05, 4.69) is 10.3 Å². The van der Waals surface area contributed by atoms with Crippen LogP contribution in [0.3, 0.4) is 0 Å². The van der Waals surface area contributed by atoms with E-state index in [1.54, 1.807) is 12.5 Å². The minimum Gasteiger partial charge on any atom is -0.472 e. The molecule has 2 aliphatic rings. The minimum absolute atomic E-state index is 0.0512. The van der Waals surface area contributed by atoms with E-state index in [-0.39, 0.29) is 5.91 Å². The fourth-order valence-electron chi connectivity index (χ4n) is 3.18. The standard InChI is InChI=1S/C15H17N3O2S/c19-15(18-5-3-11-1-2-12(7-18)16-11)13-9-21-14(17-13)10-4-6-20-8-10/h4,6,8-9,11-12,16H,1-3,5,7H2. The molecule has 6 heteroatoms. The van der Waals surface area contributed by atoms with Gasteiger partial charge >= 0.3 is 0 Å². The van der Waals surface area contributed by atoms with Crippen LogP contribution in [-0.4, -0.2) is 41.0 Å². The van der Waals surface area contributed by atoms with Crippen molar-refractivity contribution in [3.63, 3.8) is 0 Å². The lowest BCUT2D eigenvalue weighted by Gasteiger charge is -2.23. The first-order valence-corrected chi connectivity index (χ1v) is 8.21. The fourth-order valence-corrected chi connectivity index (χ4v) is 3.96. The number of amides is 1. The highest BCUT2D eigenvalue weighted by molar-refractivity contribution is 7.13. The van der Waals surface area contributed by atoms with E-state index in [1.165, 1.54) is 24.2 Å². The van der Waals surface area contributed by atoms with E-state index < -0.39 is 0 Å². The van der Waals surface area contributed by atoms with Crippen LogP contribution in [0.1, 0.15) is 29.8 Å². The Morgan fingerprint density at radius 1 is 1.38 bits per heavy atom. The van der Waals surface area contributed by atoms with Crippen LogP contribution in [-0.2, 0) is 0 Å². The quantitative estimate of drug-likeness (QED) is 0.925. The lowest BCUT2D eigenvalue weighted by Crippen LogP contribution is -2.39. The molecule has 0 aromatic carbocycles. The normalized spacial score (nSPS) is 25.0. The van der Waals surface area contributed by atoms with Gasteiger partial charge in [0.05, 0.1) is 6.26 Å². The number of carbonyl (C=O) groups excluding carboxylic acids is 1. The Balaban J connectivity index is 1.52. The number of nitrogens with zero attached hydrogens (tertiary/aromatic N) is 2. The number of fused-ring (bicyclic) bond motifs is 2. The zero-order valence-corrected chi connectivity index (χ0v) is 12.4. The van der Waals surface area contributed by atoms with E-state index in [0.29, 0.717) is 17.8 Å². The third kappa shape index (κ3) is 2.49. The third-order valence-electron chi connectivity index (χ3n) is 4.30. The van der Waals surface area contributed by atoms with Crippen LogP contribution in [0, 0.1) is 0 Å². The summed E-state index contributed by atoms with van der Waals surface area (Å²) >= 11 is 1.49. The predicted molar refractivity (Wildman–Crippen MR) is 80.3 cm³/mol. The molecule has 110 valence electrons. The number of hydrogen-bond acceptors (Lipinski definition) is 5. The average Bonchev–Trinajstić information content (AvgIpc) is 3.17. The van der Waals surface area contributed by atoms with Gasteiger partial charge in [-0.05, 0) is 25.3 Å². The maximum Gasteiger partial charge on any atom is 0.273 e. The summed E-state index contributed by atoms with van der Waals surface area (Å²) in [6.07, 6.45) is 6.73. The lowest BCUT2D eigenvalue weighted by molar-refractivity contribution is 0.0743. The third-order valence-corrected chi connectivity index (χ3v) is 5.19. The molecule has 0 saturated carbocycles. The number of furan rings is 1. The average molecular weight is 303 g/mol. The number of rotatable bonds is 2. The predicted octanol–water partition coefficient (Wildman–Crippen LogP) is 2.37. The van der Waals surface area contributed by atoms with Crippen molar-refractivity contribution in [2.75, 3.05) is 13.1 Å². The zero-order chi connectivity index (χ0) is 14.2. The number of hydrogen-bond donors (Lipinski definition) is 1. The fraction of sp³-hybridized carbons (Fsp3) is 0.467. The smallest absolute Gasteiger partial charge is 0.273 e. The van der Waals surface area contributed by atoms with Crippen molar-refractivity contribution in [3.05, 3.63) is 29.7 Å². The van der Waals surface area contributed by atoms with Gasteiger partial charge in [-0.3, -0.25) is 4.79 Å². The van der Waals surface area contributed by atoms with Crippen LogP contribution in [0.4, 0.5) is 0 Å². The van der Waals surface area contributed by atoms with Crippen molar-refractivity contribution in [1.29, 1.82) is 0 Å². The molecule has 1 N–H and O–H groups in total. The van der Waals surface area contributed by atoms with Gasteiger partial charge in [0.2, 0.25) is 0 Å². The van der Waals surface area contributed by atoms with Crippen LogP contribution in [0.25, 0.3) is 10.6 Å². The molecule has 2 atom stereocenters. The number of thiazole rings is 1. The first-order valence-electron chi connectivity index (χ1n) is 7.33. The van der Waals surface area contributed by atoms with Gasteiger partial charge in [-0.15, -0.1) is 11.3 Å². The topological polar surface area (TPSA) is 58.4 Å². The highest BCUT2D eigenvalue weighted by atomic mass is 32.1. The SMILES string of the molecule is O=C(c1csc(-c2ccoc2)n1)N1CCC2CCC(C1)N2. The van der Waals surface area contributed by atoms with Crippen LogP contribution >= 0.6 is 11.3 Å². The van der Waals surface area contributed by atoms with Gasteiger partial charge < -0.3 is 14.6 Å². The minimum atomic E-state index is 0.0512. The first kappa shape index (κ1) is 13.0.